The standard InChI is InChI=1S/C14H16BrN3O3/c1-4-17-12(13(15)10(3)16-17)8-21-14-9(2)6-5-7-11(14)18(19)20/h5-7H,4,8H2,1-3H3. The smallest absolute Gasteiger partial charge is 0.311 e. The highest BCUT2D eigenvalue weighted by Crippen LogP contribution is 2.32. The van der Waals surface area contributed by atoms with Gasteiger partial charge in [0.2, 0.25) is 0 Å². The number of nitrogens with zero attached hydrogens (tertiary/aromatic N) is 3. The molecule has 0 fully saturated rings. The Labute approximate surface area is 131 Å². The van der Waals surface area contributed by atoms with Gasteiger partial charge in [-0.2, -0.15) is 5.10 Å². The van der Waals surface area contributed by atoms with E-state index in [9.17, 15) is 10.1 Å². The first-order valence-corrected chi connectivity index (χ1v) is 7.33. The van der Waals surface area contributed by atoms with Crippen LogP contribution in [0.15, 0.2) is 22.7 Å². The van der Waals surface area contributed by atoms with E-state index in [4.69, 9.17) is 4.74 Å². The molecule has 0 aliphatic rings. The summed E-state index contributed by atoms with van der Waals surface area (Å²) < 4.78 is 8.42. The Hall–Kier alpha value is -1.89. The van der Waals surface area contributed by atoms with Gasteiger partial charge < -0.3 is 4.74 Å². The minimum Gasteiger partial charge on any atom is -0.480 e. The first-order valence-electron chi connectivity index (χ1n) is 6.54. The fraction of sp³-hybridized carbons (Fsp3) is 0.357. The van der Waals surface area contributed by atoms with E-state index in [0.717, 1.165) is 21.4 Å². The lowest BCUT2D eigenvalue weighted by atomic mass is 10.2. The van der Waals surface area contributed by atoms with Crippen LogP contribution >= 0.6 is 15.9 Å². The van der Waals surface area contributed by atoms with Gasteiger partial charge in [0.25, 0.3) is 0 Å². The van der Waals surface area contributed by atoms with Crippen molar-refractivity contribution in [3.8, 4) is 5.75 Å². The molecule has 21 heavy (non-hydrogen) atoms. The highest BCUT2D eigenvalue weighted by Gasteiger charge is 2.19. The van der Waals surface area contributed by atoms with E-state index < -0.39 is 4.92 Å². The SMILES string of the molecule is CCn1nc(C)c(Br)c1COc1c(C)cccc1[N+](=O)[O-]. The normalized spacial score (nSPS) is 10.7. The van der Waals surface area contributed by atoms with Crippen molar-refractivity contribution >= 4 is 21.6 Å². The van der Waals surface area contributed by atoms with Crippen molar-refractivity contribution in [3.63, 3.8) is 0 Å². The Bertz CT molecular complexity index is 682. The molecule has 0 aliphatic carbocycles. The molecule has 0 bridgehead atoms. The van der Waals surface area contributed by atoms with Crippen LogP contribution in [0.2, 0.25) is 0 Å². The van der Waals surface area contributed by atoms with Crippen LogP contribution in [0.3, 0.4) is 0 Å². The maximum Gasteiger partial charge on any atom is 0.311 e. The summed E-state index contributed by atoms with van der Waals surface area (Å²) in [6.45, 7) is 6.61. The van der Waals surface area contributed by atoms with Gasteiger partial charge in [-0.05, 0) is 42.3 Å². The van der Waals surface area contributed by atoms with E-state index in [2.05, 4.69) is 21.0 Å². The molecule has 1 aromatic heterocycles. The maximum absolute atomic E-state index is 11.1. The number of halogens is 1. The largest absolute Gasteiger partial charge is 0.480 e. The second kappa shape index (κ2) is 6.26. The number of rotatable bonds is 5. The number of aryl methyl sites for hydroxylation is 3. The third-order valence-electron chi connectivity index (χ3n) is 3.19. The zero-order valence-electron chi connectivity index (χ0n) is 12.1. The number of nitro groups is 1. The van der Waals surface area contributed by atoms with Crippen LogP contribution in [-0.4, -0.2) is 14.7 Å². The van der Waals surface area contributed by atoms with Crippen molar-refractivity contribution in [2.75, 3.05) is 0 Å². The molecular weight excluding hydrogens is 338 g/mol. The number of nitro benzene ring substituents is 1. The van der Waals surface area contributed by atoms with Crippen molar-refractivity contribution in [3.05, 3.63) is 49.7 Å². The summed E-state index contributed by atoms with van der Waals surface area (Å²) in [6, 6.07) is 4.89. The van der Waals surface area contributed by atoms with Crippen molar-refractivity contribution in [2.24, 2.45) is 0 Å². The van der Waals surface area contributed by atoms with Gasteiger partial charge in [0.05, 0.1) is 20.8 Å². The lowest BCUT2D eigenvalue weighted by molar-refractivity contribution is -0.386. The number of hydrogen-bond donors (Lipinski definition) is 0. The zero-order valence-corrected chi connectivity index (χ0v) is 13.7. The van der Waals surface area contributed by atoms with E-state index in [-0.39, 0.29) is 12.3 Å². The molecule has 0 unspecified atom stereocenters. The number of para-hydroxylation sites is 1. The Morgan fingerprint density at radius 2 is 2.14 bits per heavy atom. The molecule has 2 aromatic rings. The third kappa shape index (κ3) is 3.07. The number of aromatic nitrogens is 2. The molecular formula is C14H16BrN3O3. The van der Waals surface area contributed by atoms with Gasteiger partial charge in [-0.15, -0.1) is 0 Å². The molecule has 2 rings (SSSR count). The van der Waals surface area contributed by atoms with Gasteiger partial charge >= 0.3 is 5.69 Å². The molecule has 0 saturated carbocycles. The molecule has 0 saturated heterocycles. The molecule has 0 amide bonds. The lowest BCUT2D eigenvalue weighted by Crippen LogP contribution is -2.08. The highest BCUT2D eigenvalue weighted by molar-refractivity contribution is 9.10. The van der Waals surface area contributed by atoms with Gasteiger partial charge in [0.15, 0.2) is 5.75 Å². The molecule has 0 atom stereocenters. The molecule has 0 spiro atoms. The molecule has 6 nitrogen and oxygen atoms in total. The molecule has 112 valence electrons. The number of ether oxygens (including phenoxy) is 1. The summed E-state index contributed by atoms with van der Waals surface area (Å²) in [5, 5.41) is 15.5. The Kier molecular flexibility index (Phi) is 4.62. The Morgan fingerprint density at radius 3 is 2.76 bits per heavy atom. The van der Waals surface area contributed by atoms with Crippen molar-refractivity contribution in [1.29, 1.82) is 0 Å². The third-order valence-corrected chi connectivity index (χ3v) is 4.23. The van der Waals surface area contributed by atoms with E-state index in [0.29, 0.717) is 12.3 Å². The van der Waals surface area contributed by atoms with Crippen LogP contribution in [-0.2, 0) is 13.2 Å². The fourth-order valence-corrected chi connectivity index (χ4v) is 2.51. The maximum atomic E-state index is 11.1. The van der Waals surface area contributed by atoms with Gasteiger partial charge in [0, 0.05) is 12.6 Å². The quantitative estimate of drug-likeness (QED) is 0.605. The summed E-state index contributed by atoms with van der Waals surface area (Å²) in [4.78, 5) is 10.6. The van der Waals surface area contributed by atoms with Gasteiger partial charge in [-0.25, -0.2) is 0 Å². The minimum absolute atomic E-state index is 0.0228. The van der Waals surface area contributed by atoms with Crippen molar-refractivity contribution in [2.45, 2.75) is 33.9 Å². The Balaban J connectivity index is 2.31. The van der Waals surface area contributed by atoms with Crippen LogP contribution in [0.4, 0.5) is 5.69 Å². The van der Waals surface area contributed by atoms with Gasteiger partial charge in [0.1, 0.15) is 6.61 Å². The van der Waals surface area contributed by atoms with Crippen LogP contribution in [0.1, 0.15) is 23.9 Å². The first kappa shape index (κ1) is 15.5. The number of hydrogen-bond acceptors (Lipinski definition) is 4. The summed E-state index contributed by atoms with van der Waals surface area (Å²) in [7, 11) is 0. The molecule has 1 heterocycles. The molecule has 0 N–H and O–H groups in total. The molecule has 0 radical (unpaired) electrons. The summed E-state index contributed by atoms with van der Waals surface area (Å²) in [5.74, 6) is 0.302. The van der Waals surface area contributed by atoms with E-state index in [1.165, 1.54) is 6.07 Å². The van der Waals surface area contributed by atoms with Gasteiger partial charge in [-0.3, -0.25) is 14.8 Å². The highest BCUT2D eigenvalue weighted by atomic mass is 79.9. The van der Waals surface area contributed by atoms with E-state index in [1.54, 1.807) is 19.1 Å². The molecule has 7 heteroatoms. The van der Waals surface area contributed by atoms with Crippen LogP contribution in [0, 0.1) is 24.0 Å². The average molecular weight is 354 g/mol. The predicted octanol–water partition coefficient (Wildman–Crippen LogP) is 3.77. The zero-order chi connectivity index (χ0) is 15.6. The second-order valence-corrected chi connectivity index (χ2v) is 5.42. The average Bonchev–Trinajstić information content (AvgIpc) is 2.72. The van der Waals surface area contributed by atoms with Crippen molar-refractivity contribution < 1.29 is 9.66 Å². The lowest BCUT2D eigenvalue weighted by Gasteiger charge is -2.10. The monoisotopic (exact) mass is 353 g/mol. The van der Waals surface area contributed by atoms with Crippen LogP contribution in [0.25, 0.3) is 0 Å². The van der Waals surface area contributed by atoms with Gasteiger partial charge in [-0.1, -0.05) is 12.1 Å². The summed E-state index contributed by atoms with van der Waals surface area (Å²) >= 11 is 3.48. The summed E-state index contributed by atoms with van der Waals surface area (Å²) in [6.07, 6.45) is 0. The Morgan fingerprint density at radius 1 is 1.43 bits per heavy atom. The summed E-state index contributed by atoms with van der Waals surface area (Å²) in [5.41, 5.74) is 2.45. The number of benzene rings is 1. The van der Waals surface area contributed by atoms with Crippen LogP contribution < -0.4 is 4.74 Å². The van der Waals surface area contributed by atoms with Crippen LogP contribution in [0.5, 0.6) is 5.75 Å². The fourth-order valence-electron chi connectivity index (χ4n) is 2.12. The van der Waals surface area contributed by atoms with Crippen molar-refractivity contribution in [1.82, 2.24) is 9.78 Å². The van der Waals surface area contributed by atoms with E-state index in [1.807, 2.05) is 18.5 Å². The predicted molar refractivity (Wildman–Crippen MR) is 82.5 cm³/mol. The van der Waals surface area contributed by atoms with E-state index >= 15 is 0 Å². The minimum atomic E-state index is -0.431. The first-order chi connectivity index (χ1) is 9.95. The molecule has 0 aliphatic heterocycles. The second-order valence-electron chi connectivity index (χ2n) is 4.63. The molecule has 1 aromatic carbocycles. The topological polar surface area (TPSA) is 70.2 Å².